The number of nitrogens with one attached hydrogen (secondary N) is 1. The number of nitrogens with zero attached hydrogens (tertiary/aromatic N) is 1. The second-order valence-corrected chi connectivity index (χ2v) is 6.04. The number of carbonyl (C=O) groups is 2. The van der Waals surface area contributed by atoms with E-state index in [2.05, 4.69) is 21.2 Å². The maximum absolute atomic E-state index is 11.7. The lowest BCUT2D eigenvalue weighted by molar-refractivity contribution is -0.682. The average molecular weight is 373 g/mol. The lowest BCUT2D eigenvalue weighted by atomic mass is 10.1. The van der Waals surface area contributed by atoms with Crippen molar-refractivity contribution in [2.75, 3.05) is 34.3 Å². The van der Waals surface area contributed by atoms with Crippen LogP contribution < -0.4 is 15.4 Å². The Morgan fingerprint density at radius 3 is 2.64 bits per heavy atom. The molecule has 0 radical (unpaired) electrons. The van der Waals surface area contributed by atoms with E-state index in [1.807, 2.05) is 30.4 Å². The summed E-state index contributed by atoms with van der Waals surface area (Å²) in [5.41, 5.74) is 1.09. The van der Waals surface area contributed by atoms with Gasteiger partial charge in [-0.25, -0.2) is 0 Å². The highest BCUT2D eigenvalue weighted by atomic mass is 79.9. The van der Waals surface area contributed by atoms with Crippen LogP contribution in [0, 0.1) is 0 Å². The smallest absolute Gasteiger partial charge is 0.275 e. The van der Waals surface area contributed by atoms with E-state index >= 15 is 0 Å². The van der Waals surface area contributed by atoms with Gasteiger partial charge in [-0.1, -0.05) is 0 Å². The van der Waals surface area contributed by atoms with Gasteiger partial charge in [0.2, 0.25) is 5.91 Å². The molecule has 0 saturated heterocycles. The molecule has 0 aliphatic rings. The molecule has 0 aliphatic heterocycles. The number of nitrogens with two attached hydrogens (primary N) is 1. The number of amides is 2. The molecule has 6 nitrogen and oxygen atoms in total. The summed E-state index contributed by atoms with van der Waals surface area (Å²) >= 11 is 3.45. The van der Waals surface area contributed by atoms with Crippen molar-refractivity contribution in [1.82, 2.24) is 10.2 Å². The fraction of sp³-hybridized carbons (Fsp3) is 0.467. The number of hydrogen-bond donors (Lipinski definition) is 2. The van der Waals surface area contributed by atoms with E-state index in [1.54, 1.807) is 21.2 Å². The van der Waals surface area contributed by atoms with Gasteiger partial charge in [-0.15, -0.1) is 0 Å². The molecule has 3 N–H and O–H groups in total. The first-order valence-corrected chi connectivity index (χ1v) is 7.78. The normalized spacial score (nSPS) is 11.7. The Morgan fingerprint density at radius 2 is 2.09 bits per heavy atom. The molecule has 1 aromatic rings. The van der Waals surface area contributed by atoms with Gasteiger partial charge in [-0.2, -0.15) is 0 Å². The van der Waals surface area contributed by atoms with Crippen molar-refractivity contribution < 1.29 is 19.6 Å². The Hall–Kier alpha value is -1.60. The van der Waals surface area contributed by atoms with Crippen molar-refractivity contribution in [1.29, 1.82) is 0 Å². The molecule has 0 bridgehead atoms. The SMILES string of the molecule is COc1ccc([C@H](C)[NH2+]CC(=O)NCC(=O)N(C)C)cc1Br. The van der Waals surface area contributed by atoms with E-state index in [4.69, 9.17) is 4.74 Å². The first-order valence-electron chi connectivity index (χ1n) is 6.98. The molecule has 122 valence electrons. The lowest BCUT2D eigenvalue weighted by Gasteiger charge is -2.13. The standard InChI is InChI=1S/C15H22BrN3O3/c1-10(11-5-6-13(22-4)12(16)7-11)17-8-14(20)18-9-15(21)19(2)3/h5-7,10,17H,8-9H2,1-4H3,(H,18,20)/p+1/t10-/m0/s1. The van der Waals surface area contributed by atoms with Crippen LogP contribution in [0.2, 0.25) is 0 Å². The van der Waals surface area contributed by atoms with Crippen molar-refractivity contribution in [2.24, 2.45) is 0 Å². The third-order valence-corrected chi connectivity index (χ3v) is 3.91. The summed E-state index contributed by atoms with van der Waals surface area (Å²) in [6.45, 7) is 2.32. The second-order valence-electron chi connectivity index (χ2n) is 5.19. The minimum atomic E-state index is -0.158. The summed E-state index contributed by atoms with van der Waals surface area (Å²) in [4.78, 5) is 24.6. The number of likely N-dealkylation sites (N-methyl/N-ethyl adjacent to an activating group) is 1. The number of halogens is 1. The van der Waals surface area contributed by atoms with Crippen molar-refractivity contribution in [3.8, 4) is 5.75 Å². The Labute approximate surface area is 139 Å². The molecule has 1 aromatic carbocycles. The van der Waals surface area contributed by atoms with Gasteiger partial charge in [0.25, 0.3) is 5.91 Å². The summed E-state index contributed by atoms with van der Waals surface area (Å²) < 4.78 is 6.08. The van der Waals surface area contributed by atoms with Crippen molar-refractivity contribution in [3.63, 3.8) is 0 Å². The second kappa shape index (κ2) is 8.75. The van der Waals surface area contributed by atoms with Crippen molar-refractivity contribution in [3.05, 3.63) is 28.2 Å². The zero-order valence-electron chi connectivity index (χ0n) is 13.4. The summed E-state index contributed by atoms with van der Waals surface area (Å²) in [6.07, 6.45) is 0. The predicted octanol–water partition coefficient (Wildman–Crippen LogP) is 0.287. The lowest BCUT2D eigenvalue weighted by Crippen LogP contribution is -2.87. The minimum absolute atomic E-state index is 0.0299. The van der Waals surface area contributed by atoms with Crippen LogP contribution in [-0.2, 0) is 9.59 Å². The summed E-state index contributed by atoms with van der Waals surface area (Å²) in [5.74, 6) is 0.492. The number of carbonyl (C=O) groups excluding carboxylic acids is 2. The first kappa shape index (κ1) is 18.4. The molecule has 22 heavy (non-hydrogen) atoms. The number of benzene rings is 1. The molecule has 1 atom stereocenters. The van der Waals surface area contributed by atoms with Gasteiger partial charge in [0.15, 0.2) is 6.54 Å². The molecule has 0 unspecified atom stereocenters. The van der Waals surface area contributed by atoms with Crippen LogP contribution in [0.15, 0.2) is 22.7 Å². The van der Waals surface area contributed by atoms with Gasteiger partial charge in [0.05, 0.1) is 18.1 Å². The van der Waals surface area contributed by atoms with Crippen LogP contribution in [0.3, 0.4) is 0 Å². The Bertz CT molecular complexity index is 535. The third kappa shape index (κ3) is 5.65. The largest absolute Gasteiger partial charge is 0.496 e. The quantitative estimate of drug-likeness (QED) is 0.721. The zero-order chi connectivity index (χ0) is 16.7. The predicted molar refractivity (Wildman–Crippen MR) is 87.6 cm³/mol. The Balaban J connectivity index is 2.45. The fourth-order valence-corrected chi connectivity index (χ4v) is 2.35. The summed E-state index contributed by atoms with van der Waals surface area (Å²) in [5, 5.41) is 4.53. The summed E-state index contributed by atoms with van der Waals surface area (Å²) in [7, 11) is 4.93. The molecule has 0 spiro atoms. The van der Waals surface area contributed by atoms with E-state index in [-0.39, 0.29) is 30.9 Å². The maximum atomic E-state index is 11.7. The van der Waals surface area contributed by atoms with Crippen molar-refractivity contribution in [2.45, 2.75) is 13.0 Å². The van der Waals surface area contributed by atoms with Gasteiger partial charge >= 0.3 is 0 Å². The minimum Gasteiger partial charge on any atom is -0.496 e. The molecule has 0 saturated carbocycles. The van der Waals surface area contributed by atoms with E-state index in [9.17, 15) is 9.59 Å². The first-order chi connectivity index (χ1) is 10.3. The molecule has 1 rings (SSSR count). The average Bonchev–Trinajstić information content (AvgIpc) is 2.49. The summed E-state index contributed by atoms with van der Waals surface area (Å²) in [6, 6.07) is 5.96. The highest BCUT2D eigenvalue weighted by Crippen LogP contribution is 2.26. The van der Waals surface area contributed by atoms with Gasteiger partial charge < -0.3 is 20.3 Å². The molecular weight excluding hydrogens is 350 g/mol. The van der Waals surface area contributed by atoms with Crippen LogP contribution in [0.25, 0.3) is 0 Å². The van der Waals surface area contributed by atoms with E-state index in [0.717, 1.165) is 15.8 Å². The topological polar surface area (TPSA) is 75.2 Å². The van der Waals surface area contributed by atoms with Crippen LogP contribution in [-0.4, -0.2) is 51.0 Å². The van der Waals surface area contributed by atoms with Crippen LogP contribution >= 0.6 is 15.9 Å². The van der Waals surface area contributed by atoms with E-state index < -0.39 is 0 Å². The highest BCUT2D eigenvalue weighted by molar-refractivity contribution is 9.10. The number of rotatable bonds is 7. The maximum Gasteiger partial charge on any atom is 0.275 e. The van der Waals surface area contributed by atoms with Crippen molar-refractivity contribution >= 4 is 27.7 Å². The number of methoxy groups -OCH3 is 1. The monoisotopic (exact) mass is 372 g/mol. The van der Waals surface area contributed by atoms with Gasteiger partial charge in [0, 0.05) is 19.7 Å². The van der Waals surface area contributed by atoms with Crippen LogP contribution in [0.4, 0.5) is 0 Å². The fourth-order valence-electron chi connectivity index (χ4n) is 1.79. The van der Waals surface area contributed by atoms with Crippen LogP contribution in [0.1, 0.15) is 18.5 Å². The molecular formula is C15H23BrN3O3+. The van der Waals surface area contributed by atoms with Gasteiger partial charge in [0.1, 0.15) is 11.8 Å². The van der Waals surface area contributed by atoms with Crippen LogP contribution in [0.5, 0.6) is 5.75 Å². The van der Waals surface area contributed by atoms with Gasteiger partial charge in [-0.05, 0) is 41.1 Å². The Morgan fingerprint density at radius 1 is 1.41 bits per heavy atom. The molecule has 7 heteroatoms. The molecule has 0 heterocycles. The molecule has 0 fully saturated rings. The van der Waals surface area contributed by atoms with E-state index in [1.165, 1.54) is 4.90 Å². The Kier molecular flexibility index (Phi) is 7.34. The number of ether oxygens (including phenoxy) is 1. The number of quaternary nitrogens is 1. The number of hydrogen-bond acceptors (Lipinski definition) is 3. The molecule has 2 amide bonds. The van der Waals surface area contributed by atoms with Gasteiger partial charge in [-0.3, -0.25) is 9.59 Å². The van der Waals surface area contributed by atoms with E-state index in [0.29, 0.717) is 0 Å². The molecule has 0 aliphatic carbocycles. The third-order valence-electron chi connectivity index (χ3n) is 3.29. The molecule has 0 aromatic heterocycles. The zero-order valence-corrected chi connectivity index (χ0v) is 14.9. The highest BCUT2D eigenvalue weighted by Gasteiger charge is 2.14.